The molecule has 1 rings (SSSR count). The molecule has 0 radical (unpaired) electrons. The summed E-state index contributed by atoms with van der Waals surface area (Å²) in [6.07, 6.45) is 1.65. The highest BCUT2D eigenvalue weighted by atomic mass is 31.2. The maximum atomic E-state index is 8.59. The van der Waals surface area contributed by atoms with Crippen LogP contribution < -0.4 is 0 Å². The quantitative estimate of drug-likeness (QED) is 0.573. The number of hydrogen-bond acceptors (Lipinski definition) is 4. The summed E-state index contributed by atoms with van der Waals surface area (Å²) in [5.41, 5.74) is 0. The summed E-state index contributed by atoms with van der Waals surface area (Å²) in [6, 6.07) is 3.72. The van der Waals surface area contributed by atoms with E-state index < -0.39 is 8.45 Å². The van der Waals surface area contributed by atoms with Crippen LogP contribution in [0.2, 0.25) is 0 Å². The lowest BCUT2D eigenvalue weighted by Gasteiger charge is -2.49. The number of rotatable bonds is 4. The third-order valence-corrected chi connectivity index (χ3v) is 5.79. The SMILES string of the molecule is CC1CC(C)N(C(C)C)P(OCCC#N)N1C. The van der Waals surface area contributed by atoms with Gasteiger partial charge in [-0.05, 0) is 41.2 Å². The molecule has 0 N–H and O–H groups in total. The standard InChI is InChI=1S/C12H24N3OP/c1-10(2)15-12(4)9-11(3)14(5)17(15)16-8-6-7-13/h10-12H,6,8-9H2,1-5H3. The Hall–Kier alpha value is -0.200. The average Bonchev–Trinajstić information content (AvgIpc) is 2.24. The average molecular weight is 257 g/mol. The predicted molar refractivity (Wildman–Crippen MR) is 71.4 cm³/mol. The number of nitriles is 1. The molecule has 3 atom stereocenters. The molecule has 0 bridgehead atoms. The van der Waals surface area contributed by atoms with Crippen LogP contribution in [0.4, 0.5) is 0 Å². The summed E-state index contributed by atoms with van der Waals surface area (Å²) in [7, 11) is 1.42. The normalized spacial score (nSPS) is 31.7. The van der Waals surface area contributed by atoms with Gasteiger partial charge in [0.1, 0.15) is 0 Å². The minimum Gasteiger partial charge on any atom is -0.330 e. The Bertz CT molecular complexity index is 279. The number of nitrogens with zero attached hydrogens (tertiary/aromatic N) is 3. The van der Waals surface area contributed by atoms with Crippen molar-refractivity contribution in [3.63, 3.8) is 0 Å². The topological polar surface area (TPSA) is 39.5 Å². The van der Waals surface area contributed by atoms with Crippen LogP contribution in [-0.4, -0.2) is 41.1 Å². The summed E-state index contributed by atoms with van der Waals surface area (Å²) < 4.78 is 10.7. The fraction of sp³-hybridized carbons (Fsp3) is 0.917. The molecule has 1 heterocycles. The van der Waals surface area contributed by atoms with E-state index in [1.807, 2.05) is 0 Å². The van der Waals surface area contributed by atoms with E-state index in [1.165, 1.54) is 6.42 Å². The molecule has 1 aliphatic rings. The molecule has 0 aromatic heterocycles. The molecule has 0 amide bonds. The largest absolute Gasteiger partial charge is 0.330 e. The first-order chi connectivity index (χ1) is 7.99. The first kappa shape index (κ1) is 14.9. The highest BCUT2D eigenvalue weighted by Gasteiger charge is 2.38. The summed E-state index contributed by atoms with van der Waals surface area (Å²) in [5.74, 6) is 0. The molecule has 0 saturated carbocycles. The predicted octanol–water partition coefficient (Wildman–Crippen LogP) is 2.97. The monoisotopic (exact) mass is 257 g/mol. The molecule has 98 valence electrons. The Morgan fingerprint density at radius 1 is 1.41 bits per heavy atom. The fourth-order valence-corrected chi connectivity index (χ4v) is 4.45. The van der Waals surface area contributed by atoms with Crippen molar-refractivity contribution in [2.24, 2.45) is 0 Å². The van der Waals surface area contributed by atoms with Gasteiger partial charge in [0.2, 0.25) is 0 Å². The second kappa shape index (κ2) is 6.66. The van der Waals surface area contributed by atoms with E-state index in [0.717, 1.165) is 0 Å². The maximum absolute atomic E-state index is 8.59. The van der Waals surface area contributed by atoms with Crippen molar-refractivity contribution in [2.45, 2.75) is 58.7 Å². The van der Waals surface area contributed by atoms with Gasteiger partial charge in [0.05, 0.1) is 19.1 Å². The van der Waals surface area contributed by atoms with Gasteiger partial charge in [-0.15, -0.1) is 0 Å². The van der Waals surface area contributed by atoms with Gasteiger partial charge in [-0.1, -0.05) is 0 Å². The van der Waals surface area contributed by atoms with Crippen LogP contribution in [0, 0.1) is 11.3 Å². The second-order valence-corrected chi connectivity index (χ2v) is 6.83. The Labute approximate surface area is 106 Å². The van der Waals surface area contributed by atoms with Crippen molar-refractivity contribution in [3.05, 3.63) is 0 Å². The lowest BCUT2D eigenvalue weighted by Crippen LogP contribution is -2.48. The highest BCUT2D eigenvalue weighted by molar-refractivity contribution is 7.47. The molecule has 0 aromatic carbocycles. The van der Waals surface area contributed by atoms with E-state index in [-0.39, 0.29) is 0 Å². The van der Waals surface area contributed by atoms with Crippen LogP contribution in [0.25, 0.3) is 0 Å². The van der Waals surface area contributed by atoms with E-state index in [2.05, 4.69) is 50.2 Å². The molecule has 4 nitrogen and oxygen atoms in total. The van der Waals surface area contributed by atoms with E-state index in [1.54, 1.807) is 0 Å². The van der Waals surface area contributed by atoms with E-state index >= 15 is 0 Å². The molecule has 0 aromatic rings. The molecule has 17 heavy (non-hydrogen) atoms. The Morgan fingerprint density at radius 3 is 2.59 bits per heavy atom. The van der Waals surface area contributed by atoms with Gasteiger partial charge in [-0.3, -0.25) is 0 Å². The minimum absolute atomic E-state index is 0.474. The molecule has 5 heteroatoms. The molecule has 1 saturated heterocycles. The molecular weight excluding hydrogens is 233 g/mol. The third-order valence-electron chi connectivity index (χ3n) is 3.19. The van der Waals surface area contributed by atoms with Crippen molar-refractivity contribution < 1.29 is 4.52 Å². The zero-order valence-electron chi connectivity index (χ0n) is 11.6. The second-order valence-electron chi connectivity index (χ2n) is 4.98. The van der Waals surface area contributed by atoms with Crippen LogP contribution >= 0.6 is 8.45 Å². The van der Waals surface area contributed by atoms with Gasteiger partial charge in [0, 0.05) is 18.1 Å². The fourth-order valence-electron chi connectivity index (χ4n) is 2.29. The van der Waals surface area contributed by atoms with Crippen LogP contribution in [0.1, 0.15) is 40.5 Å². The van der Waals surface area contributed by atoms with Gasteiger partial charge >= 0.3 is 0 Å². The van der Waals surface area contributed by atoms with Crippen molar-refractivity contribution in [2.75, 3.05) is 13.7 Å². The molecule has 0 spiro atoms. The lowest BCUT2D eigenvalue weighted by molar-refractivity contribution is 0.150. The Balaban J connectivity index is 2.72. The number of hydrogen-bond donors (Lipinski definition) is 0. The molecule has 1 aliphatic heterocycles. The summed E-state index contributed by atoms with van der Waals surface area (Å²) in [4.78, 5) is 0. The van der Waals surface area contributed by atoms with Gasteiger partial charge in [0.25, 0.3) is 0 Å². The smallest absolute Gasteiger partial charge is 0.188 e. The van der Waals surface area contributed by atoms with E-state index in [4.69, 9.17) is 9.79 Å². The van der Waals surface area contributed by atoms with Crippen molar-refractivity contribution in [1.29, 1.82) is 5.26 Å². The van der Waals surface area contributed by atoms with Crippen molar-refractivity contribution in [1.82, 2.24) is 9.34 Å². The first-order valence-electron chi connectivity index (χ1n) is 6.30. The minimum atomic E-state index is -0.711. The molecule has 3 unspecified atom stereocenters. The zero-order valence-corrected chi connectivity index (χ0v) is 12.4. The van der Waals surface area contributed by atoms with E-state index in [0.29, 0.717) is 31.2 Å². The molecule has 1 fully saturated rings. The van der Waals surface area contributed by atoms with Gasteiger partial charge in [-0.2, -0.15) is 5.26 Å². The van der Waals surface area contributed by atoms with Crippen molar-refractivity contribution in [3.8, 4) is 6.07 Å². The molecule has 0 aliphatic carbocycles. The maximum Gasteiger partial charge on any atom is 0.188 e. The summed E-state index contributed by atoms with van der Waals surface area (Å²) in [5, 5.41) is 8.59. The van der Waals surface area contributed by atoms with Crippen LogP contribution in [0.5, 0.6) is 0 Å². The zero-order chi connectivity index (χ0) is 13.0. The summed E-state index contributed by atoms with van der Waals surface area (Å²) >= 11 is 0. The lowest BCUT2D eigenvalue weighted by atomic mass is 10.1. The van der Waals surface area contributed by atoms with Crippen LogP contribution in [0.15, 0.2) is 0 Å². The Kier molecular flexibility index (Phi) is 5.82. The summed E-state index contributed by atoms with van der Waals surface area (Å²) in [6.45, 7) is 9.48. The molecular formula is C12H24N3OP. The van der Waals surface area contributed by atoms with Crippen molar-refractivity contribution >= 4 is 8.45 Å². The highest BCUT2D eigenvalue weighted by Crippen LogP contribution is 2.52. The Morgan fingerprint density at radius 2 is 2.06 bits per heavy atom. The third kappa shape index (κ3) is 3.63. The van der Waals surface area contributed by atoms with Crippen LogP contribution in [0.3, 0.4) is 0 Å². The van der Waals surface area contributed by atoms with Gasteiger partial charge < -0.3 is 4.52 Å². The van der Waals surface area contributed by atoms with Gasteiger partial charge in [0.15, 0.2) is 8.45 Å². The van der Waals surface area contributed by atoms with E-state index in [9.17, 15) is 0 Å². The van der Waals surface area contributed by atoms with Crippen LogP contribution in [-0.2, 0) is 4.52 Å². The van der Waals surface area contributed by atoms with Gasteiger partial charge in [-0.25, -0.2) is 9.34 Å². The first-order valence-corrected chi connectivity index (χ1v) is 7.46.